The Balaban J connectivity index is 1.96. The molecule has 1 aromatic rings. The molecule has 0 spiro atoms. The molecule has 1 aromatic carbocycles. The van der Waals surface area contributed by atoms with Gasteiger partial charge in [-0.15, -0.1) is 0 Å². The zero-order valence-corrected chi connectivity index (χ0v) is 10.2. The molecular formula is C15H18O2. The summed E-state index contributed by atoms with van der Waals surface area (Å²) in [6.07, 6.45) is 7.15. The minimum atomic E-state index is -0.160. The predicted octanol–water partition coefficient (Wildman–Crippen LogP) is 3.71. The highest BCUT2D eigenvalue weighted by molar-refractivity contribution is 5.85. The molecule has 0 fully saturated rings. The second kappa shape index (κ2) is 5.67. The van der Waals surface area contributed by atoms with Crippen molar-refractivity contribution in [1.82, 2.24) is 0 Å². The summed E-state index contributed by atoms with van der Waals surface area (Å²) in [6, 6.07) is 8.31. The molecule has 0 amide bonds. The lowest BCUT2D eigenvalue weighted by Crippen LogP contribution is -1.94. The van der Waals surface area contributed by atoms with E-state index in [4.69, 9.17) is 4.74 Å². The second-order valence-corrected chi connectivity index (χ2v) is 4.40. The van der Waals surface area contributed by atoms with Crippen LogP contribution in [0.5, 0.6) is 0 Å². The van der Waals surface area contributed by atoms with Crippen LogP contribution in [0, 0.1) is 0 Å². The van der Waals surface area contributed by atoms with E-state index in [-0.39, 0.29) is 5.97 Å². The van der Waals surface area contributed by atoms with E-state index in [0.717, 1.165) is 12.0 Å². The number of aryl methyl sites for hydroxylation is 1. The molecule has 0 bridgehead atoms. The maximum atomic E-state index is 11.0. The van der Waals surface area contributed by atoms with Crippen molar-refractivity contribution in [2.75, 3.05) is 0 Å². The Morgan fingerprint density at radius 2 is 1.94 bits per heavy atom. The van der Waals surface area contributed by atoms with Crippen molar-refractivity contribution < 1.29 is 9.53 Å². The molecule has 90 valence electrons. The van der Waals surface area contributed by atoms with Crippen LogP contribution in [-0.2, 0) is 16.0 Å². The normalized spacial score (nSPS) is 14.6. The summed E-state index contributed by atoms with van der Waals surface area (Å²) in [4.78, 5) is 11.0. The number of esters is 1. The van der Waals surface area contributed by atoms with Crippen molar-refractivity contribution in [1.29, 1.82) is 0 Å². The fraction of sp³-hybridized carbons (Fsp3) is 0.400. The van der Waals surface area contributed by atoms with E-state index in [9.17, 15) is 4.79 Å². The number of carbonyl (C=O) groups is 1. The fourth-order valence-corrected chi connectivity index (χ4v) is 1.97. The molecule has 0 unspecified atom stereocenters. The van der Waals surface area contributed by atoms with E-state index < -0.39 is 0 Å². The number of rotatable bonds is 5. The highest BCUT2D eigenvalue weighted by atomic mass is 16.5. The van der Waals surface area contributed by atoms with E-state index in [1.54, 1.807) is 0 Å². The van der Waals surface area contributed by atoms with Gasteiger partial charge in [0, 0.05) is 5.56 Å². The molecule has 0 saturated carbocycles. The third-order valence-electron chi connectivity index (χ3n) is 2.99. The van der Waals surface area contributed by atoms with Gasteiger partial charge in [-0.25, -0.2) is 0 Å². The smallest absolute Gasteiger partial charge is 0.315 e. The molecular weight excluding hydrogens is 212 g/mol. The van der Waals surface area contributed by atoms with Gasteiger partial charge in [0.1, 0.15) is 5.76 Å². The third kappa shape index (κ3) is 3.19. The van der Waals surface area contributed by atoms with Gasteiger partial charge in [-0.2, -0.15) is 0 Å². The number of cyclic esters (lactones) is 1. The summed E-state index contributed by atoms with van der Waals surface area (Å²) in [7, 11) is 0. The molecule has 1 aliphatic rings. The number of carbonyl (C=O) groups excluding carboxylic acids is 1. The van der Waals surface area contributed by atoms with Crippen molar-refractivity contribution in [3.8, 4) is 0 Å². The lowest BCUT2D eigenvalue weighted by atomic mass is 10.0. The second-order valence-electron chi connectivity index (χ2n) is 4.40. The van der Waals surface area contributed by atoms with Gasteiger partial charge in [0.05, 0.1) is 6.42 Å². The van der Waals surface area contributed by atoms with Crippen molar-refractivity contribution in [2.24, 2.45) is 0 Å². The number of hydrogen-bond donors (Lipinski definition) is 0. The van der Waals surface area contributed by atoms with Crippen molar-refractivity contribution >= 4 is 11.7 Å². The summed E-state index contributed by atoms with van der Waals surface area (Å²) in [5.41, 5.74) is 2.35. The van der Waals surface area contributed by atoms with Gasteiger partial charge < -0.3 is 4.74 Å². The molecule has 0 atom stereocenters. The quantitative estimate of drug-likeness (QED) is 0.569. The summed E-state index contributed by atoms with van der Waals surface area (Å²) in [5, 5.41) is 0. The molecule has 0 saturated heterocycles. The van der Waals surface area contributed by atoms with E-state index in [0.29, 0.717) is 12.2 Å². The van der Waals surface area contributed by atoms with Crippen LogP contribution in [0.2, 0.25) is 0 Å². The molecule has 2 rings (SSSR count). The molecule has 0 aromatic heterocycles. The minimum absolute atomic E-state index is 0.160. The highest BCUT2D eigenvalue weighted by Gasteiger charge is 2.15. The first kappa shape index (κ1) is 11.9. The van der Waals surface area contributed by atoms with Crippen LogP contribution >= 0.6 is 0 Å². The summed E-state index contributed by atoms with van der Waals surface area (Å²) >= 11 is 0. The minimum Gasteiger partial charge on any atom is -0.426 e. The SMILES string of the molecule is CCCCCc1ccc(C2=CCC(=O)O2)cc1. The number of benzene rings is 1. The zero-order chi connectivity index (χ0) is 12.1. The first-order valence-electron chi connectivity index (χ1n) is 6.29. The zero-order valence-electron chi connectivity index (χ0n) is 10.2. The van der Waals surface area contributed by atoms with Crippen molar-refractivity contribution in [3.05, 3.63) is 41.5 Å². The van der Waals surface area contributed by atoms with Crippen LogP contribution in [0.25, 0.3) is 5.76 Å². The van der Waals surface area contributed by atoms with Crippen LogP contribution < -0.4 is 0 Å². The monoisotopic (exact) mass is 230 g/mol. The van der Waals surface area contributed by atoms with E-state index >= 15 is 0 Å². The Hall–Kier alpha value is -1.57. The van der Waals surface area contributed by atoms with E-state index in [1.807, 2.05) is 18.2 Å². The Morgan fingerprint density at radius 1 is 1.18 bits per heavy atom. The van der Waals surface area contributed by atoms with E-state index in [1.165, 1.54) is 24.8 Å². The third-order valence-corrected chi connectivity index (χ3v) is 2.99. The number of hydrogen-bond acceptors (Lipinski definition) is 2. The Labute approximate surface area is 102 Å². The molecule has 1 heterocycles. The Morgan fingerprint density at radius 3 is 2.53 bits per heavy atom. The lowest BCUT2D eigenvalue weighted by Gasteiger charge is -2.04. The highest BCUT2D eigenvalue weighted by Crippen LogP contribution is 2.23. The van der Waals surface area contributed by atoms with Gasteiger partial charge in [0.25, 0.3) is 0 Å². The van der Waals surface area contributed by atoms with Gasteiger partial charge >= 0.3 is 5.97 Å². The van der Waals surface area contributed by atoms with Crippen LogP contribution in [0.4, 0.5) is 0 Å². The molecule has 0 radical (unpaired) electrons. The average Bonchev–Trinajstić information content (AvgIpc) is 2.77. The molecule has 17 heavy (non-hydrogen) atoms. The van der Waals surface area contributed by atoms with Crippen LogP contribution in [0.3, 0.4) is 0 Å². The first-order chi connectivity index (χ1) is 8.29. The van der Waals surface area contributed by atoms with Gasteiger partial charge in [-0.05, 0) is 24.5 Å². The Kier molecular flexibility index (Phi) is 3.97. The van der Waals surface area contributed by atoms with Crippen LogP contribution in [-0.4, -0.2) is 5.97 Å². The molecule has 0 N–H and O–H groups in total. The number of unbranched alkanes of at least 4 members (excludes halogenated alkanes) is 2. The number of ether oxygens (including phenoxy) is 1. The molecule has 1 aliphatic heterocycles. The Bertz CT molecular complexity index is 415. The van der Waals surface area contributed by atoms with Gasteiger partial charge in [-0.3, -0.25) is 4.79 Å². The van der Waals surface area contributed by atoms with Gasteiger partial charge in [0.2, 0.25) is 0 Å². The van der Waals surface area contributed by atoms with Crippen molar-refractivity contribution in [2.45, 2.75) is 39.0 Å². The van der Waals surface area contributed by atoms with E-state index in [2.05, 4.69) is 19.1 Å². The van der Waals surface area contributed by atoms with Crippen LogP contribution in [0.15, 0.2) is 30.3 Å². The first-order valence-corrected chi connectivity index (χ1v) is 6.29. The molecule has 0 aliphatic carbocycles. The van der Waals surface area contributed by atoms with Crippen LogP contribution in [0.1, 0.15) is 43.7 Å². The fourth-order valence-electron chi connectivity index (χ4n) is 1.97. The summed E-state index contributed by atoms with van der Waals surface area (Å²) < 4.78 is 5.11. The molecule has 2 nitrogen and oxygen atoms in total. The maximum absolute atomic E-state index is 11.0. The average molecular weight is 230 g/mol. The van der Waals surface area contributed by atoms with Gasteiger partial charge in [0.15, 0.2) is 0 Å². The molecule has 2 heteroatoms. The predicted molar refractivity (Wildman–Crippen MR) is 68.4 cm³/mol. The standard InChI is InChI=1S/C15H18O2/c1-2-3-4-5-12-6-8-13(9-7-12)14-10-11-15(16)17-14/h6-10H,2-5,11H2,1H3. The van der Waals surface area contributed by atoms with Gasteiger partial charge in [-0.1, -0.05) is 44.0 Å². The lowest BCUT2D eigenvalue weighted by molar-refractivity contribution is -0.134. The van der Waals surface area contributed by atoms with Crippen molar-refractivity contribution in [3.63, 3.8) is 0 Å². The topological polar surface area (TPSA) is 26.3 Å². The largest absolute Gasteiger partial charge is 0.426 e. The summed E-state index contributed by atoms with van der Waals surface area (Å²) in [6.45, 7) is 2.21. The summed E-state index contributed by atoms with van der Waals surface area (Å²) in [5.74, 6) is 0.544. The maximum Gasteiger partial charge on any atom is 0.315 e.